The second-order valence-electron chi connectivity index (χ2n) is 19.5. The molecule has 62 heavy (non-hydrogen) atoms. The lowest BCUT2D eigenvalue weighted by molar-refractivity contribution is -0.986. The number of ether oxygens (including phenoxy) is 2. The average molecular weight is 827 g/mol. The molecule has 12 rings (SSSR count). The van der Waals surface area contributed by atoms with Gasteiger partial charge in [-0.2, -0.15) is 0 Å². The van der Waals surface area contributed by atoms with E-state index >= 15 is 0 Å². The van der Waals surface area contributed by atoms with Crippen LogP contribution < -0.4 is 0 Å². The predicted octanol–water partition coefficient (Wildman–Crippen LogP) is 12.1. The van der Waals surface area contributed by atoms with Crippen LogP contribution in [0.25, 0.3) is 32.6 Å². The van der Waals surface area contributed by atoms with Gasteiger partial charge in [0.1, 0.15) is 37.4 Å². The first-order chi connectivity index (χ1) is 30.4. The number of para-hydroxylation sites is 2. The summed E-state index contributed by atoms with van der Waals surface area (Å²) in [4.78, 5) is 9.51. The maximum Gasteiger partial charge on any atom is 0.135 e. The number of quaternary nitrogens is 2. The van der Waals surface area contributed by atoms with Crippen molar-refractivity contribution in [1.82, 2.24) is 9.97 Å². The molecule has 6 aliphatic heterocycles. The molecule has 0 N–H and O–H groups in total. The molecule has 4 aromatic carbocycles. The number of hydrogen-bond donors (Lipinski definition) is 0. The number of rotatable bonds is 16. The zero-order valence-electron chi connectivity index (χ0n) is 37.1. The van der Waals surface area contributed by atoms with Gasteiger partial charge in [0, 0.05) is 71.8 Å². The Bertz CT molecular complexity index is 2390. The quantitative estimate of drug-likeness (QED) is 0.0720. The molecule has 10 atom stereocenters. The van der Waals surface area contributed by atoms with Gasteiger partial charge in [-0.25, -0.2) is 0 Å². The first-order valence-corrected chi connectivity index (χ1v) is 23.8. The van der Waals surface area contributed by atoms with Crippen molar-refractivity contribution in [3.8, 4) is 0 Å². The normalized spacial score (nSPS) is 28.9. The molecule has 6 saturated heterocycles. The molecule has 6 aliphatic rings. The largest absolute Gasteiger partial charge is 0.363 e. The van der Waals surface area contributed by atoms with Gasteiger partial charge in [-0.1, -0.05) is 86.7 Å². The molecule has 6 heteroatoms. The average Bonchev–Trinajstić information content (AvgIpc) is 3.32. The Hall–Kier alpha value is -4.72. The monoisotopic (exact) mass is 827 g/mol. The van der Waals surface area contributed by atoms with E-state index in [0.717, 1.165) is 56.8 Å². The van der Waals surface area contributed by atoms with Gasteiger partial charge in [-0.05, 0) is 83.0 Å². The van der Waals surface area contributed by atoms with Crippen LogP contribution >= 0.6 is 0 Å². The van der Waals surface area contributed by atoms with Crippen LogP contribution in [0.3, 0.4) is 0 Å². The van der Waals surface area contributed by atoms with E-state index in [0.29, 0.717) is 25.3 Å². The minimum atomic E-state index is -0.0273. The van der Waals surface area contributed by atoms with Gasteiger partial charge < -0.3 is 18.4 Å². The maximum atomic E-state index is 6.92. The highest BCUT2D eigenvalue weighted by Gasteiger charge is 2.56. The number of aromatic nitrogens is 2. The lowest BCUT2D eigenvalue weighted by Gasteiger charge is -2.59. The highest BCUT2D eigenvalue weighted by Crippen LogP contribution is 2.51. The van der Waals surface area contributed by atoms with Crippen LogP contribution in [0.15, 0.2) is 135 Å². The number of piperidine rings is 6. The number of benzene rings is 4. The summed E-state index contributed by atoms with van der Waals surface area (Å²) in [5, 5.41) is 5.10. The Balaban J connectivity index is 0.995. The summed E-state index contributed by atoms with van der Waals surface area (Å²) in [7, 11) is 0. The molecule has 320 valence electrons. The lowest BCUT2D eigenvalue weighted by Crippen LogP contribution is -2.68. The van der Waals surface area contributed by atoms with Gasteiger partial charge in [-0.15, -0.1) is 13.2 Å². The van der Waals surface area contributed by atoms with Crippen molar-refractivity contribution in [3.63, 3.8) is 0 Å². The van der Waals surface area contributed by atoms with Gasteiger partial charge in [-0.3, -0.25) is 9.97 Å². The molecule has 4 bridgehead atoms. The van der Waals surface area contributed by atoms with E-state index in [1.165, 1.54) is 109 Å². The Morgan fingerprint density at radius 3 is 1.53 bits per heavy atom. The summed E-state index contributed by atoms with van der Waals surface area (Å²) in [6.07, 6.45) is 15.2. The van der Waals surface area contributed by atoms with E-state index < -0.39 is 0 Å². The molecular formula is C56H66N4O2+2. The molecule has 2 unspecified atom stereocenters. The summed E-state index contributed by atoms with van der Waals surface area (Å²) < 4.78 is 16.0. The Morgan fingerprint density at radius 2 is 1.08 bits per heavy atom. The van der Waals surface area contributed by atoms with Crippen molar-refractivity contribution in [1.29, 1.82) is 0 Å². The highest BCUT2D eigenvalue weighted by atomic mass is 16.5. The fourth-order valence-corrected chi connectivity index (χ4v) is 13.5. The van der Waals surface area contributed by atoms with Crippen LogP contribution in [0.5, 0.6) is 0 Å². The highest BCUT2D eigenvalue weighted by molar-refractivity contribution is 5.84. The molecule has 0 radical (unpaired) electrons. The van der Waals surface area contributed by atoms with Gasteiger partial charge in [0.05, 0.1) is 50.4 Å². The topological polar surface area (TPSA) is 44.2 Å². The van der Waals surface area contributed by atoms with Crippen molar-refractivity contribution in [3.05, 3.63) is 157 Å². The van der Waals surface area contributed by atoms with Gasteiger partial charge in [0.2, 0.25) is 0 Å². The smallest absolute Gasteiger partial charge is 0.135 e. The molecule has 0 amide bonds. The van der Waals surface area contributed by atoms with E-state index in [-0.39, 0.29) is 12.2 Å². The van der Waals surface area contributed by atoms with Crippen LogP contribution in [0, 0.1) is 23.7 Å². The van der Waals surface area contributed by atoms with Crippen LogP contribution in [-0.4, -0.2) is 70.4 Å². The maximum absolute atomic E-state index is 6.92. The Labute approximate surface area is 369 Å². The zero-order valence-corrected chi connectivity index (χ0v) is 37.1. The van der Waals surface area contributed by atoms with Gasteiger partial charge >= 0.3 is 0 Å². The molecule has 6 nitrogen and oxygen atoms in total. The van der Waals surface area contributed by atoms with Crippen molar-refractivity contribution in [2.75, 3.05) is 39.4 Å². The van der Waals surface area contributed by atoms with E-state index in [1.54, 1.807) is 0 Å². The molecular weight excluding hydrogens is 761 g/mol. The SMILES string of the molecule is C=CCO[C@@H](c1ccnc2ccccc12)[C@H]1C[C@@H]2CC[N+]1(Cc1ccc3ccc(C[N+]45CC[C@@H](C[C@@H]4[C@@H](OCC=C)c4ccnc6ccccc46)[C@@H](CC)C5)cc3c1)C[C@@H]2CC. The van der Waals surface area contributed by atoms with Crippen molar-refractivity contribution in [2.45, 2.75) is 89.8 Å². The predicted molar refractivity (Wildman–Crippen MR) is 253 cm³/mol. The summed E-state index contributed by atoms with van der Waals surface area (Å²) in [5.74, 6) is 2.98. The summed E-state index contributed by atoms with van der Waals surface area (Å²) >= 11 is 0. The summed E-state index contributed by atoms with van der Waals surface area (Å²) in [5.41, 5.74) is 7.51. The van der Waals surface area contributed by atoms with E-state index in [4.69, 9.17) is 19.4 Å². The second kappa shape index (κ2) is 17.4. The van der Waals surface area contributed by atoms with Gasteiger partial charge in [0.25, 0.3) is 0 Å². The standard InChI is InChI=1S/C56H66N4O2/c1-5-29-61-55(49-21-25-57-51-15-11-9-13-47(49)51)53-33-44-23-27-59(53,37-41(44)7-3)35-39-17-19-43-20-18-40(32-46(43)31-39)36-60-28-24-45(42(8-4)38-60)34-54(60)56(62-30-6-2)50-22-26-58-52-16-12-10-14-48(50)52/h5-6,9-22,25-26,31-32,41-42,44-45,53-56H,1-2,7-8,23-24,27-30,33-38H2,3-4H3/q+2/t41-,42-,44-,45-,53+,54+,55-,56-,59?,60?/m0/s1. The van der Waals surface area contributed by atoms with Crippen molar-refractivity contribution >= 4 is 32.6 Å². The lowest BCUT2D eigenvalue weighted by atomic mass is 9.70. The molecule has 0 aliphatic carbocycles. The fourth-order valence-electron chi connectivity index (χ4n) is 13.5. The molecule has 8 heterocycles. The first kappa shape index (κ1) is 41.3. The Kier molecular flexibility index (Phi) is 11.6. The van der Waals surface area contributed by atoms with Crippen LogP contribution in [0.1, 0.15) is 86.8 Å². The third-order valence-electron chi connectivity index (χ3n) is 16.4. The molecule has 0 spiro atoms. The van der Waals surface area contributed by atoms with Crippen molar-refractivity contribution in [2.24, 2.45) is 23.7 Å². The van der Waals surface area contributed by atoms with Crippen LogP contribution in [0.4, 0.5) is 0 Å². The minimum Gasteiger partial charge on any atom is -0.363 e. The zero-order chi connectivity index (χ0) is 42.3. The van der Waals surface area contributed by atoms with Crippen LogP contribution in [0.2, 0.25) is 0 Å². The van der Waals surface area contributed by atoms with E-state index in [1.807, 2.05) is 24.5 Å². The van der Waals surface area contributed by atoms with E-state index in [9.17, 15) is 0 Å². The number of nitrogens with zero attached hydrogens (tertiary/aromatic N) is 4. The second-order valence-corrected chi connectivity index (χ2v) is 19.5. The molecule has 6 aromatic rings. The third-order valence-corrected chi connectivity index (χ3v) is 16.4. The van der Waals surface area contributed by atoms with Crippen molar-refractivity contribution < 1.29 is 18.4 Å². The number of hydrogen-bond acceptors (Lipinski definition) is 4. The van der Waals surface area contributed by atoms with Gasteiger partial charge in [0.15, 0.2) is 0 Å². The molecule has 2 aromatic heterocycles. The number of fused-ring (bicyclic) bond motifs is 9. The molecule has 6 fully saturated rings. The fraction of sp³-hybridized carbons (Fsp3) is 0.429. The van der Waals surface area contributed by atoms with E-state index in [2.05, 4.69) is 124 Å². The first-order valence-electron chi connectivity index (χ1n) is 23.8. The van der Waals surface area contributed by atoms with Crippen LogP contribution in [-0.2, 0) is 22.6 Å². The third kappa shape index (κ3) is 7.51. The Morgan fingerprint density at radius 1 is 0.613 bits per heavy atom. The minimum absolute atomic E-state index is 0.0273. The molecule has 0 saturated carbocycles. The summed E-state index contributed by atoms with van der Waals surface area (Å²) in [6, 6.07) is 37.1. The number of pyridine rings is 2. The summed E-state index contributed by atoms with van der Waals surface area (Å²) in [6.45, 7) is 20.9.